The van der Waals surface area contributed by atoms with Crippen LogP contribution in [0.2, 0.25) is 5.02 Å². The van der Waals surface area contributed by atoms with Crippen LogP contribution >= 0.6 is 11.6 Å². The molecule has 5 nitrogen and oxygen atoms in total. The van der Waals surface area contributed by atoms with Gasteiger partial charge in [-0.25, -0.2) is 9.48 Å². The number of nitrogens with zero attached hydrogens (tertiary/aromatic N) is 3. The van der Waals surface area contributed by atoms with Gasteiger partial charge in [-0.3, -0.25) is 0 Å². The molecule has 19 heavy (non-hydrogen) atoms. The number of carboxylic acid groups (broad SMARTS) is 1. The predicted molar refractivity (Wildman–Crippen MR) is 71.7 cm³/mol. The minimum atomic E-state index is -1.06. The number of hydrogen-bond donors (Lipinski definition) is 1. The molecule has 0 aliphatic carbocycles. The second-order valence-electron chi connectivity index (χ2n) is 4.30. The van der Waals surface area contributed by atoms with Gasteiger partial charge in [0.15, 0.2) is 5.69 Å². The summed E-state index contributed by atoms with van der Waals surface area (Å²) in [5.74, 6) is -1.06. The largest absolute Gasteiger partial charge is 0.476 e. The highest BCUT2D eigenvalue weighted by atomic mass is 35.5. The number of aromatic nitrogens is 3. The Morgan fingerprint density at radius 1 is 1.47 bits per heavy atom. The lowest BCUT2D eigenvalue weighted by atomic mass is 10.1. The first kappa shape index (κ1) is 13.5. The van der Waals surface area contributed by atoms with Crippen molar-refractivity contribution >= 4 is 17.6 Å². The molecule has 0 atom stereocenters. The van der Waals surface area contributed by atoms with Gasteiger partial charge in [0.2, 0.25) is 0 Å². The van der Waals surface area contributed by atoms with Crippen molar-refractivity contribution in [2.45, 2.75) is 26.8 Å². The summed E-state index contributed by atoms with van der Waals surface area (Å²) >= 11 is 6.17. The molecule has 1 aromatic carbocycles. The van der Waals surface area contributed by atoms with E-state index in [0.717, 1.165) is 11.1 Å². The Morgan fingerprint density at radius 2 is 2.21 bits per heavy atom. The molecule has 1 N–H and O–H groups in total. The third-order valence-corrected chi connectivity index (χ3v) is 3.26. The summed E-state index contributed by atoms with van der Waals surface area (Å²) in [4.78, 5) is 11.0. The number of rotatable bonds is 4. The molecular formula is C13H14ClN3O2. The van der Waals surface area contributed by atoms with Crippen LogP contribution in [0.4, 0.5) is 0 Å². The van der Waals surface area contributed by atoms with Crippen molar-refractivity contribution in [2.75, 3.05) is 0 Å². The van der Waals surface area contributed by atoms with Crippen LogP contribution in [0.3, 0.4) is 0 Å². The monoisotopic (exact) mass is 279 g/mol. The Labute approximate surface area is 115 Å². The van der Waals surface area contributed by atoms with Crippen LogP contribution in [0.1, 0.15) is 34.2 Å². The third kappa shape index (κ3) is 2.76. The van der Waals surface area contributed by atoms with Gasteiger partial charge in [0, 0.05) is 5.02 Å². The number of benzene rings is 1. The van der Waals surface area contributed by atoms with E-state index in [9.17, 15) is 4.79 Å². The van der Waals surface area contributed by atoms with Gasteiger partial charge in [0.05, 0.1) is 12.2 Å². The fraction of sp³-hybridized carbons (Fsp3) is 0.308. The van der Waals surface area contributed by atoms with E-state index in [1.54, 1.807) is 4.68 Å². The number of carbonyl (C=O) groups is 1. The van der Waals surface area contributed by atoms with Crippen LogP contribution in [-0.4, -0.2) is 26.1 Å². The molecule has 0 saturated heterocycles. The summed E-state index contributed by atoms with van der Waals surface area (Å²) < 4.78 is 1.58. The first-order chi connectivity index (χ1) is 9.02. The summed E-state index contributed by atoms with van der Waals surface area (Å²) in [6.07, 6.45) is 0.554. The van der Waals surface area contributed by atoms with Crippen molar-refractivity contribution < 1.29 is 9.90 Å². The zero-order valence-corrected chi connectivity index (χ0v) is 11.5. The van der Waals surface area contributed by atoms with E-state index >= 15 is 0 Å². The van der Waals surface area contributed by atoms with Crippen molar-refractivity contribution in [2.24, 2.45) is 0 Å². The van der Waals surface area contributed by atoms with Crippen LogP contribution in [0.15, 0.2) is 18.2 Å². The number of aromatic carboxylic acids is 1. The molecule has 0 bridgehead atoms. The first-order valence-corrected chi connectivity index (χ1v) is 6.31. The molecule has 0 spiro atoms. The Hall–Kier alpha value is -1.88. The lowest BCUT2D eigenvalue weighted by Gasteiger charge is -2.07. The average Bonchev–Trinajstić information content (AvgIpc) is 2.75. The van der Waals surface area contributed by atoms with Crippen molar-refractivity contribution in [3.8, 4) is 0 Å². The van der Waals surface area contributed by atoms with Gasteiger partial charge in [-0.1, -0.05) is 35.9 Å². The highest BCUT2D eigenvalue weighted by Gasteiger charge is 2.17. The molecular weight excluding hydrogens is 266 g/mol. The molecule has 0 aliphatic rings. The molecule has 1 aromatic heterocycles. The van der Waals surface area contributed by atoms with Gasteiger partial charge in [-0.05, 0) is 30.5 Å². The van der Waals surface area contributed by atoms with Gasteiger partial charge in [0.25, 0.3) is 0 Å². The number of halogens is 1. The minimum absolute atomic E-state index is 0.00531. The second-order valence-corrected chi connectivity index (χ2v) is 4.70. The summed E-state index contributed by atoms with van der Waals surface area (Å²) in [7, 11) is 0. The average molecular weight is 280 g/mol. The van der Waals surface area contributed by atoms with Crippen LogP contribution in [0, 0.1) is 6.92 Å². The van der Waals surface area contributed by atoms with E-state index in [1.165, 1.54) is 0 Å². The SMILES string of the molecule is CCc1c(C(=O)O)nnn1Cc1ccc(C)cc1Cl. The molecule has 2 rings (SSSR count). The quantitative estimate of drug-likeness (QED) is 0.934. The van der Waals surface area contributed by atoms with Gasteiger partial charge < -0.3 is 5.11 Å². The molecule has 0 saturated carbocycles. The summed E-state index contributed by atoms with van der Waals surface area (Å²) in [6.45, 7) is 4.26. The zero-order chi connectivity index (χ0) is 14.0. The van der Waals surface area contributed by atoms with Gasteiger partial charge in [0.1, 0.15) is 0 Å². The van der Waals surface area contributed by atoms with Gasteiger partial charge >= 0.3 is 5.97 Å². The molecule has 0 amide bonds. The van der Waals surface area contributed by atoms with E-state index in [0.29, 0.717) is 23.7 Å². The van der Waals surface area contributed by atoms with Crippen LogP contribution in [0.5, 0.6) is 0 Å². The van der Waals surface area contributed by atoms with Crippen molar-refractivity contribution in [1.82, 2.24) is 15.0 Å². The van der Waals surface area contributed by atoms with E-state index in [-0.39, 0.29) is 5.69 Å². The molecule has 1 heterocycles. The fourth-order valence-corrected chi connectivity index (χ4v) is 2.21. The lowest BCUT2D eigenvalue weighted by molar-refractivity contribution is 0.0689. The van der Waals surface area contributed by atoms with Gasteiger partial charge in [-0.15, -0.1) is 5.10 Å². The molecule has 2 aromatic rings. The van der Waals surface area contributed by atoms with E-state index in [4.69, 9.17) is 16.7 Å². The highest BCUT2D eigenvalue weighted by Crippen LogP contribution is 2.19. The van der Waals surface area contributed by atoms with E-state index < -0.39 is 5.97 Å². The van der Waals surface area contributed by atoms with Crippen LogP contribution < -0.4 is 0 Å². The summed E-state index contributed by atoms with van der Waals surface area (Å²) in [5, 5.41) is 17.3. The second kappa shape index (κ2) is 5.40. The smallest absolute Gasteiger partial charge is 0.358 e. The fourth-order valence-electron chi connectivity index (χ4n) is 1.92. The molecule has 6 heteroatoms. The molecule has 0 unspecified atom stereocenters. The summed E-state index contributed by atoms with van der Waals surface area (Å²) in [6, 6.07) is 5.75. The topological polar surface area (TPSA) is 68.0 Å². The van der Waals surface area contributed by atoms with Crippen molar-refractivity contribution in [1.29, 1.82) is 0 Å². The minimum Gasteiger partial charge on any atom is -0.476 e. The Kier molecular flexibility index (Phi) is 3.85. The predicted octanol–water partition coefficient (Wildman–Crippen LogP) is 2.55. The molecule has 100 valence electrons. The van der Waals surface area contributed by atoms with Crippen LogP contribution in [0.25, 0.3) is 0 Å². The van der Waals surface area contributed by atoms with Crippen molar-refractivity contribution in [3.63, 3.8) is 0 Å². The maximum atomic E-state index is 11.0. The lowest BCUT2D eigenvalue weighted by Crippen LogP contribution is -2.09. The number of carboxylic acids is 1. The third-order valence-electron chi connectivity index (χ3n) is 2.90. The Bertz CT molecular complexity index is 622. The van der Waals surface area contributed by atoms with Crippen molar-refractivity contribution in [3.05, 3.63) is 45.7 Å². The van der Waals surface area contributed by atoms with E-state index in [2.05, 4.69) is 10.3 Å². The van der Waals surface area contributed by atoms with Crippen LogP contribution in [-0.2, 0) is 13.0 Å². The maximum Gasteiger partial charge on any atom is 0.358 e. The van der Waals surface area contributed by atoms with Gasteiger partial charge in [-0.2, -0.15) is 0 Å². The number of hydrogen-bond acceptors (Lipinski definition) is 3. The molecule has 0 aliphatic heterocycles. The normalized spacial score (nSPS) is 10.7. The standard InChI is InChI=1S/C13H14ClN3O2/c1-3-11-12(13(18)19)15-16-17(11)7-9-5-4-8(2)6-10(9)14/h4-6H,3,7H2,1-2H3,(H,18,19). The Morgan fingerprint density at radius 3 is 2.79 bits per heavy atom. The molecule has 0 fully saturated rings. The first-order valence-electron chi connectivity index (χ1n) is 5.93. The number of aryl methyl sites for hydroxylation is 1. The highest BCUT2D eigenvalue weighted by molar-refractivity contribution is 6.31. The summed E-state index contributed by atoms with van der Waals surface area (Å²) in [5.41, 5.74) is 2.58. The molecule has 0 radical (unpaired) electrons. The zero-order valence-electron chi connectivity index (χ0n) is 10.7. The Balaban J connectivity index is 2.35. The van der Waals surface area contributed by atoms with E-state index in [1.807, 2.05) is 32.0 Å². The maximum absolute atomic E-state index is 11.0.